The van der Waals surface area contributed by atoms with Gasteiger partial charge in [-0.1, -0.05) is 12.2 Å². The standard InChI is InChI=1S/C7H14N2/c1-6(2)3-9-4-7(8)5-9/h7H,1,3-5,8H2,2H3. The van der Waals surface area contributed by atoms with Crippen molar-refractivity contribution in [2.75, 3.05) is 19.6 Å². The lowest BCUT2D eigenvalue weighted by Gasteiger charge is -2.36. The third kappa shape index (κ3) is 1.80. The Morgan fingerprint density at radius 1 is 1.78 bits per heavy atom. The maximum Gasteiger partial charge on any atom is 0.0297 e. The lowest BCUT2D eigenvalue weighted by molar-refractivity contribution is 0.166. The molecule has 2 heteroatoms. The molecule has 1 fully saturated rings. The van der Waals surface area contributed by atoms with Crippen LogP contribution in [-0.4, -0.2) is 30.6 Å². The number of nitrogens with two attached hydrogens (primary N) is 1. The minimum Gasteiger partial charge on any atom is -0.325 e. The van der Waals surface area contributed by atoms with Crippen molar-refractivity contribution in [3.05, 3.63) is 12.2 Å². The monoisotopic (exact) mass is 126 g/mol. The largest absolute Gasteiger partial charge is 0.325 e. The number of rotatable bonds is 2. The van der Waals surface area contributed by atoms with Crippen molar-refractivity contribution >= 4 is 0 Å². The summed E-state index contributed by atoms with van der Waals surface area (Å²) in [4.78, 5) is 2.30. The van der Waals surface area contributed by atoms with Crippen molar-refractivity contribution in [2.24, 2.45) is 5.73 Å². The summed E-state index contributed by atoms with van der Waals surface area (Å²) in [6, 6.07) is 0.421. The average Bonchev–Trinajstić information content (AvgIpc) is 1.60. The van der Waals surface area contributed by atoms with Crippen LogP contribution >= 0.6 is 0 Å². The van der Waals surface area contributed by atoms with Crippen molar-refractivity contribution < 1.29 is 0 Å². The molecule has 1 aliphatic heterocycles. The lowest BCUT2D eigenvalue weighted by atomic mass is 10.1. The van der Waals surface area contributed by atoms with E-state index in [4.69, 9.17) is 5.73 Å². The Labute approximate surface area is 56.3 Å². The molecule has 1 saturated heterocycles. The highest BCUT2D eigenvalue weighted by atomic mass is 15.2. The molecule has 1 rings (SSSR count). The summed E-state index contributed by atoms with van der Waals surface area (Å²) in [5.41, 5.74) is 6.80. The summed E-state index contributed by atoms with van der Waals surface area (Å²) in [5, 5.41) is 0. The molecule has 9 heavy (non-hydrogen) atoms. The number of nitrogens with zero attached hydrogens (tertiary/aromatic N) is 1. The minimum absolute atomic E-state index is 0.421. The van der Waals surface area contributed by atoms with Gasteiger partial charge in [-0.25, -0.2) is 0 Å². The molecule has 2 nitrogen and oxygen atoms in total. The van der Waals surface area contributed by atoms with Crippen LogP contribution < -0.4 is 5.73 Å². The highest BCUT2D eigenvalue weighted by Crippen LogP contribution is 2.06. The molecule has 0 atom stereocenters. The molecule has 0 bridgehead atoms. The number of likely N-dealkylation sites (tertiary alicyclic amines) is 1. The molecular weight excluding hydrogens is 112 g/mol. The van der Waals surface area contributed by atoms with E-state index in [2.05, 4.69) is 11.5 Å². The van der Waals surface area contributed by atoms with Gasteiger partial charge >= 0.3 is 0 Å². The molecular formula is C7H14N2. The lowest BCUT2D eigenvalue weighted by Crippen LogP contribution is -2.55. The summed E-state index contributed by atoms with van der Waals surface area (Å²) in [6.07, 6.45) is 0. The predicted octanol–water partition coefficient (Wildman–Crippen LogP) is 0.205. The van der Waals surface area contributed by atoms with E-state index >= 15 is 0 Å². The van der Waals surface area contributed by atoms with Crippen LogP contribution in [0.3, 0.4) is 0 Å². The van der Waals surface area contributed by atoms with E-state index in [9.17, 15) is 0 Å². The summed E-state index contributed by atoms with van der Waals surface area (Å²) < 4.78 is 0. The van der Waals surface area contributed by atoms with Crippen molar-refractivity contribution in [1.82, 2.24) is 4.90 Å². The molecule has 0 aromatic carbocycles. The third-order valence-electron chi connectivity index (χ3n) is 1.48. The van der Waals surface area contributed by atoms with Gasteiger partial charge in [0.2, 0.25) is 0 Å². The topological polar surface area (TPSA) is 29.3 Å². The van der Waals surface area contributed by atoms with E-state index in [-0.39, 0.29) is 0 Å². The first-order valence-electron chi connectivity index (χ1n) is 3.31. The molecule has 0 saturated carbocycles. The molecule has 0 aromatic rings. The van der Waals surface area contributed by atoms with Crippen molar-refractivity contribution in [1.29, 1.82) is 0 Å². The molecule has 0 aliphatic carbocycles. The van der Waals surface area contributed by atoms with Gasteiger partial charge in [0.15, 0.2) is 0 Å². The predicted molar refractivity (Wildman–Crippen MR) is 39.2 cm³/mol. The Morgan fingerprint density at radius 3 is 2.67 bits per heavy atom. The molecule has 1 heterocycles. The van der Waals surface area contributed by atoms with Gasteiger partial charge in [0.25, 0.3) is 0 Å². The molecule has 0 radical (unpaired) electrons. The van der Waals surface area contributed by atoms with Gasteiger partial charge in [-0.3, -0.25) is 4.90 Å². The zero-order valence-corrected chi connectivity index (χ0v) is 5.93. The van der Waals surface area contributed by atoms with Crippen LogP contribution in [0.4, 0.5) is 0 Å². The number of hydrogen-bond donors (Lipinski definition) is 1. The third-order valence-corrected chi connectivity index (χ3v) is 1.48. The van der Waals surface area contributed by atoms with Gasteiger partial charge in [-0.15, -0.1) is 0 Å². The minimum atomic E-state index is 0.421. The van der Waals surface area contributed by atoms with Crippen molar-refractivity contribution in [3.63, 3.8) is 0 Å². The van der Waals surface area contributed by atoms with Crippen LogP contribution in [0.1, 0.15) is 6.92 Å². The van der Waals surface area contributed by atoms with Gasteiger partial charge < -0.3 is 5.73 Å². The Kier molecular flexibility index (Phi) is 1.88. The second kappa shape index (κ2) is 2.50. The Morgan fingerprint density at radius 2 is 2.33 bits per heavy atom. The molecule has 0 amide bonds. The highest BCUT2D eigenvalue weighted by Gasteiger charge is 2.21. The first-order chi connectivity index (χ1) is 4.18. The Balaban J connectivity index is 2.11. The first kappa shape index (κ1) is 6.78. The average molecular weight is 126 g/mol. The summed E-state index contributed by atoms with van der Waals surface area (Å²) in [6.45, 7) is 8.98. The Bertz CT molecular complexity index is 114. The van der Waals surface area contributed by atoms with Gasteiger partial charge in [-0.2, -0.15) is 0 Å². The highest BCUT2D eigenvalue weighted by molar-refractivity contribution is 4.96. The van der Waals surface area contributed by atoms with E-state index in [1.807, 2.05) is 6.92 Å². The van der Waals surface area contributed by atoms with Crippen LogP contribution in [-0.2, 0) is 0 Å². The van der Waals surface area contributed by atoms with Crippen LogP contribution in [0.25, 0.3) is 0 Å². The fourth-order valence-corrected chi connectivity index (χ4v) is 1.12. The maximum absolute atomic E-state index is 5.57. The van der Waals surface area contributed by atoms with E-state index < -0.39 is 0 Å². The summed E-state index contributed by atoms with van der Waals surface area (Å²) >= 11 is 0. The zero-order valence-electron chi connectivity index (χ0n) is 5.93. The fourth-order valence-electron chi connectivity index (χ4n) is 1.12. The van der Waals surface area contributed by atoms with E-state index in [1.54, 1.807) is 0 Å². The van der Waals surface area contributed by atoms with E-state index in [1.165, 1.54) is 5.57 Å². The van der Waals surface area contributed by atoms with Crippen LogP contribution in [0, 0.1) is 0 Å². The zero-order chi connectivity index (χ0) is 6.85. The second-order valence-electron chi connectivity index (χ2n) is 2.91. The fraction of sp³-hybridized carbons (Fsp3) is 0.714. The summed E-state index contributed by atoms with van der Waals surface area (Å²) in [5.74, 6) is 0. The van der Waals surface area contributed by atoms with Crippen molar-refractivity contribution in [3.8, 4) is 0 Å². The SMILES string of the molecule is C=C(C)CN1CC(N)C1. The van der Waals surface area contributed by atoms with Crippen molar-refractivity contribution in [2.45, 2.75) is 13.0 Å². The molecule has 52 valence electrons. The van der Waals surface area contributed by atoms with Crippen LogP contribution in [0.2, 0.25) is 0 Å². The first-order valence-corrected chi connectivity index (χ1v) is 3.31. The van der Waals surface area contributed by atoms with E-state index in [0.717, 1.165) is 19.6 Å². The molecule has 0 aromatic heterocycles. The number of hydrogen-bond acceptors (Lipinski definition) is 2. The van der Waals surface area contributed by atoms with Crippen LogP contribution in [0.15, 0.2) is 12.2 Å². The Hall–Kier alpha value is -0.340. The second-order valence-corrected chi connectivity index (χ2v) is 2.91. The molecule has 0 spiro atoms. The smallest absolute Gasteiger partial charge is 0.0297 e. The molecule has 1 aliphatic rings. The molecule has 2 N–H and O–H groups in total. The summed E-state index contributed by atoms with van der Waals surface area (Å²) in [7, 11) is 0. The van der Waals surface area contributed by atoms with E-state index in [0.29, 0.717) is 6.04 Å². The molecule has 0 unspecified atom stereocenters. The van der Waals surface area contributed by atoms with Gasteiger partial charge in [0, 0.05) is 25.7 Å². The van der Waals surface area contributed by atoms with Gasteiger partial charge in [0.1, 0.15) is 0 Å². The van der Waals surface area contributed by atoms with Crippen LogP contribution in [0.5, 0.6) is 0 Å². The van der Waals surface area contributed by atoms with Gasteiger partial charge in [0.05, 0.1) is 0 Å². The van der Waals surface area contributed by atoms with Gasteiger partial charge in [-0.05, 0) is 6.92 Å². The normalized spacial score (nSPS) is 21.6. The maximum atomic E-state index is 5.57. The quantitative estimate of drug-likeness (QED) is 0.536.